The molecule has 3 N–H and O–H groups in total. The van der Waals surface area contributed by atoms with Crippen LogP contribution in [-0.4, -0.2) is 96.7 Å². The Hall–Kier alpha value is -1.94. The molecule has 0 aromatic rings. The van der Waals surface area contributed by atoms with Crippen LogP contribution in [0.1, 0.15) is 402 Å². The number of hydrogen-bond donors (Lipinski definition) is 3. The van der Waals surface area contributed by atoms with Crippen LogP contribution in [0.25, 0.3) is 0 Å². The van der Waals surface area contributed by atoms with Gasteiger partial charge in [-0.15, -0.1) is 0 Å². The maximum Gasteiger partial charge on any atom is 0.472 e. The third-order valence-electron chi connectivity index (χ3n) is 18.5. The molecule has 0 aliphatic rings. The van der Waals surface area contributed by atoms with E-state index in [1.165, 1.54) is 205 Å². The number of phosphoric ester groups is 2. The summed E-state index contributed by atoms with van der Waals surface area (Å²) in [7, 11) is -9.91. The molecule has 0 spiro atoms. The van der Waals surface area contributed by atoms with Gasteiger partial charge in [0.1, 0.15) is 19.3 Å². The van der Waals surface area contributed by atoms with Crippen LogP contribution in [0.3, 0.4) is 0 Å². The molecular weight excluding hydrogens is 1270 g/mol. The highest BCUT2D eigenvalue weighted by atomic mass is 31.2. The number of rotatable bonds is 76. The molecule has 0 heterocycles. The molecule has 0 fully saturated rings. The zero-order valence-corrected chi connectivity index (χ0v) is 65.3. The minimum Gasteiger partial charge on any atom is -0.462 e. The van der Waals surface area contributed by atoms with Gasteiger partial charge in [-0.1, -0.05) is 350 Å². The number of unbranched alkanes of at least 4 members (excludes halogenated alkanes) is 43. The molecule has 0 radical (unpaired) electrons. The Morgan fingerprint density at radius 2 is 0.526 bits per heavy atom. The standard InChI is InChI=1S/C78H152O17P2/c1-8-10-11-12-13-38-45-52-59-75(80)88-65-73(94-78(83)62-55-48-41-34-28-22-24-30-36-43-50-57-70(5)6)67-92-96(84,85)90-63-72(79)64-91-97(86,87)93-68-74(66-89-76(81)60-53-46-39-32-26-20-16-14-18-23-29-35-42-49-56-69(3)4)95-77(82)61-54-47-40-33-27-21-17-15-19-25-31-37-44-51-58-71(7)9-2/h69-74,79H,8-68H2,1-7H3,(H,84,85)(H,86,87)/t71?,72-,73+,74+/m0/s1. The summed E-state index contributed by atoms with van der Waals surface area (Å²) < 4.78 is 68.5. The molecule has 97 heavy (non-hydrogen) atoms. The van der Waals surface area contributed by atoms with Crippen LogP contribution >= 0.6 is 15.6 Å². The number of ether oxygens (including phenoxy) is 4. The lowest BCUT2D eigenvalue weighted by Gasteiger charge is -2.21. The lowest BCUT2D eigenvalue weighted by atomic mass is 9.99. The number of hydrogen-bond acceptors (Lipinski definition) is 15. The van der Waals surface area contributed by atoms with Crippen molar-refractivity contribution in [2.24, 2.45) is 17.8 Å². The molecule has 6 atom stereocenters. The maximum atomic E-state index is 13.1. The van der Waals surface area contributed by atoms with Crippen LogP contribution in [0.5, 0.6) is 0 Å². The first kappa shape index (κ1) is 95.1. The van der Waals surface area contributed by atoms with E-state index in [9.17, 15) is 43.2 Å². The minimum absolute atomic E-state index is 0.106. The van der Waals surface area contributed by atoms with Crippen LogP contribution in [-0.2, 0) is 65.4 Å². The summed E-state index contributed by atoms with van der Waals surface area (Å²) in [6, 6.07) is 0. The molecule has 0 aromatic carbocycles. The highest BCUT2D eigenvalue weighted by Gasteiger charge is 2.30. The molecule has 576 valence electrons. The van der Waals surface area contributed by atoms with Gasteiger partial charge in [0.25, 0.3) is 0 Å². The van der Waals surface area contributed by atoms with Crippen molar-refractivity contribution in [2.75, 3.05) is 39.6 Å². The van der Waals surface area contributed by atoms with Gasteiger partial charge in [-0.3, -0.25) is 37.3 Å². The van der Waals surface area contributed by atoms with Crippen LogP contribution in [0, 0.1) is 17.8 Å². The predicted molar refractivity (Wildman–Crippen MR) is 395 cm³/mol. The molecule has 0 aliphatic carbocycles. The van der Waals surface area contributed by atoms with E-state index < -0.39 is 97.5 Å². The Morgan fingerprint density at radius 1 is 0.299 bits per heavy atom. The first-order chi connectivity index (χ1) is 46.8. The molecule has 17 nitrogen and oxygen atoms in total. The highest BCUT2D eigenvalue weighted by Crippen LogP contribution is 2.45. The van der Waals surface area contributed by atoms with Gasteiger partial charge < -0.3 is 33.8 Å². The lowest BCUT2D eigenvalue weighted by molar-refractivity contribution is -0.161. The highest BCUT2D eigenvalue weighted by molar-refractivity contribution is 7.47. The fourth-order valence-electron chi connectivity index (χ4n) is 11.9. The van der Waals surface area contributed by atoms with Gasteiger partial charge in [-0.2, -0.15) is 0 Å². The Bertz CT molecular complexity index is 1890. The van der Waals surface area contributed by atoms with Crippen molar-refractivity contribution < 1.29 is 80.2 Å². The molecule has 0 bridgehead atoms. The smallest absolute Gasteiger partial charge is 0.462 e. The number of phosphoric acid groups is 2. The van der Waals surface area contributed by atoms with Crippen molar-refractivity contribution in [2.45, 2.75) is 420 Å². The third-order valence-corrected chi connectivity index (χ3v) is 20.4. The molecule has 0 rings (SSSR count). The van der Waals surface area contributed by atoms with E-state index in [1.54, 1.807) is 0 Å². The monoisotopic (exact) mass is 1420 g/mol. The van der Waals surface area contributed by atoms with Gasteiger partial charge in [-0.05, 0) is 43.4 Å². The normalized spacial score (nSPS) is 14.3. The quantitative estimate of drug-likeness (QED) is 0.0222. The summed E-state index contributed by atoms with van der Waals surface area (Å²) in [4.78, 5) is 72.8. The van der Waals surface area contributed by atoms with Gasteiger partial charge in [0.15, 0.2) is 12.2 Å². The first-order valence-electron chi connectivity index (χ1n) is 40.4. The Labute approximate surface area is 594 Å². The van der Waals surface area contributed by atoms with Crippen molar-refractivity contribution in [3.05, 3.63) is 0 Å². The third kappa shape index (κ3) is 70.9. The maximum absolute atomic E-state index is 13.1. The first-order valence-corrected chi connectivity index (χ1v) is 43.4. The average Bonchev–Trinajstić information content (AvgIpc) is 1.30. The Kier molecular flexibility index (Phi) is 67.1. The summed E-state index contributed by atoms with van der Waals surface area (Å²) in [5.41, 5.74) is 0. The van der Waals surface area contributed by atoms with E-state index in [0.29, 0.717) is 25.7 Å². The van der Waals surface area contributed by atoms with Crippen LogP contribution < -0.4 is 0 Å². The molecule has 0 saturated carbocycles. The van der Waals surface area contributed by atoms with Crippen LogP contribution in [0.4, 0.5) is 0 Å². The van der Waals surface area contributed by atoms with E-state index in [2.05, 4.69) is 48.5 Å². The van der Waals surface area contributed by atoms with Crippen LogP contribution in [0.2, 0.25) is 0 Å². The summed E-state index contributed by atoms with van der Waals surface area (Å²) in [6.45, 7) is 12.0. The van der Waals surface area contributed by atoms with Crippen molar-refractivity contribution in [3.63, 3.8) is 0 Å². The van der Waals surface area contributed by atoms with E-state index in [1.807, 2.05) is 0 Å². The predicted octanol–water partition coefficient (Wildman–Crippen LogP) is 23.0. The summed E-state index contributed by atoms with van der Waals surface area (Å²) in [5, 5.41) is 10.6. The molecule has 0 aliphatic heterocycles. The number of aliphatic hydroxyl groups excluding tert-OH is 1. The Balaban J connectivity index is 5.22. The van der Waals surface area contributed by atoms with Gasteiger partial charge in [-0.25, -0.2) is 9.13 Å². The van der Waals surface area contributed by atoms with Crippen molar-refractivity contribution in [1.29, 1.82) is 0 Å². The topological polar surface area (TPSA) is 237 Å². The van der Waals surface area contributed by atoms with Crippen molar-refractivity contribution in [1.82, 2.24) is 0 Å². The second-order valence-electron chi connectivity index (χ2n) is 29.3. The molecule has 0 saturated heterocycles. The van der Waals surface area contributed by atoms with E-state index >= 15 is 0 Å². The molecule has 0 amide bonds. The molecule has 3 unspecified atom stereocenters. The average molecular weight is 1420 g/mol. The Morgan fingerprint density at radius 3 is 0.784 bits per heavy atom. The van der Waals surface area contributed by atoms with Gasteiger partial charge in [0.05, 0.1) is 26.4 Å². The SMILES string of the molecule is CCCCCCCCCCC(=O)OC[C@H](COP(=O)(O)OC[C@H](O)COP(=O)(O)OC[C@@H](COC(=O)CCCCCCCCCCCCCCCCC(C)C)OC(=O)CCCCCCCCCCCCCCCCC(C)CC)OC(=O)CCCCCCCCCCCCCC(C)C. The van der Waals surface area contributed by atoms with Crippen molar-refractivity contribution in [3.8, 4) is 0 Å². The summed E-state index contributed by atoms with van der Waals surface area (Å²) in [5.74, 6) is 0.294. The fraction of sp³-hybridized carbons (Fsp3) is 0.949. The number of esters is 4. The van der Waals surface area contributed by atoms with Crippen LogP contribution in [0.15, 0.2) is 0 Å². The molecule has 0 aromatic heterocycles. The lowest BCUT2D eigenvalue weighted by Crippen LogP contribution is -2.30. The van der Waals surface area contributed by atoms with Crippen molar-refractivity contribution >= 4 is 39.5 Å². The summed E-state index contributed by atoms with van der Waals surface area (Å²) >= 11 is 0. The van der Waals surface area contributed by atoms with Gasteiger partial charge >= 0.3 is 39.5 Å². The molecule has 19 heteroatoms. The van der Waals surface area contributed by atoms with E-state index in [-0.39, 0.29) is 25.7 Å². The largest absolute Gasteiger partial charge is 0.472 e. The number of aliphatic hydroxyl groups is 1. The minimum atomic E-state index is -4.96. The van der Waals surface area contributed by atoms with Gasteiger partial charge in [0, 0.05) is 25.7 Å². The van der Waals surface area contributed by atoms with E-state index in [4.69, 9.17) is 37.0 Å². The summed E-state index contributed by atoms with van der Waals surface area (Å²) in [6.07, 6.45) is 55.4. The molecular formula is C78H152O17P2. The number of carbonyl (C=O) groups excluding carboxylic acids is 4. The zero-order valence-electron chi connectivity index (χ0n) is 63.5. The van der Waals surface area contributed by atoms with Gasteiger partial charge in [0.2, 0.25) is 0 Å². The second kappa shape index (κ2) is 68.5. The second-order valence-corrected chi connectivity index (χ2v) is 32.2. The number of carbonyl (C=O) groups is 4. The fourth-order valence-corrected chi connectivity index (χ4v) is 13.5. The zero-order chi connectivity index (χ0) is 71.6. The van der Waals surface area contributed by atoms with E-state index in [0.717, 1.165) is 114 Å².